The maximum atomic E-state index is 13.5. The minimum atomic E-state index is -0.322. The number of hydrogen-bond acceptors (Lipinski definition) is 2. The molecule has 0 spiro atoms. The molecule has 0 unspecified atom stereocenters. The summed E-state index contributed by atoms with van der Waals surface area (Å²) in [5.41, 5.74) is 0.959. The molecule has 0 aromatic heterocycles. The molecule has 0 saturated carbocycles. The van der Waals surface area contributed by atoms with Crippen molar-refractivity contribution in [1.29, 1.82) is 0 Å². The topological polar surface area (TPSA) is 38.3 Å². The van der Waals surface area contributed by atoms with E-state index in [0.29, 0.717) is 29.4 Å². The van der Waals surface area contributed by atoms with E-state index < -0.39 is 0 Å². The monoisotopic (exact) mass is 301 g/mol. The first-order chi connectivity index (χ1) is 10.6. The summed E-state index contributed by atoms with van der Waals surface area (Å²) in [7, 11) is 0. The molecular weight excluding hydrogens is 281 g/mol. The summed E-state index contributed by atoms with van der Waals surface area (Å²) >= 11 is 0. The van der Waals surface area contributed by atoms with Crippen LogP contribution in [-0.2, 0) is 6.54 Å². The Kier molecular flexibility index (Phi) is 5.53. The number of nitrogens with one attached hydrogen (secondary N) is 1. The van der Waals surface area contributed by atoms with Gasteiger partial charge in [0.15, 0.2) is 0 Å². The molecule has 2 aromatic rings. The quantitative estimate of drug-likeness (QED) is 0.881. The lowest BCUT2D eigenvalue weighted by atomic mass is 10.1. The van der Waals surface area contributed by atoms with Crippen molar-refractivity contribution >= 4 is 5.91 Å². The largest absolute Gasteiger partial charge is 0.493 e. The van der Waals surface area contributed by atoms with Crippen LogP contribution in [0.15, 0.2) is 48.5 Å². The van der Waals surface area contributed by atoms with Gasteiger partial charge in [-0.2, -0.15) is 0 Å². The fourth-order valence-corrected chi connectivity index (χ4v) is 1.91. The molecule has 1 amide bonds. The SMILES string of the molecule is CC(C)COc1cccc(C(=O)NCc2ccccc2F)c1. The molecule has 2 aromatic carbocycles. The molecule has 2 rings (SSSR count). The minimum Gasteiger partial charge on any atom is -0.493 e. The fourth-order valence-electron chi connectivity index (χ4n) is 1.91. The predicted octanol–water partition coefficient (Wildman–Crippen LogP) is 3.79. The molecule has 0 saturated heterocycles. The lowest BCUT2D eigenvalue weighted by Crippen LogP contribution is -2.23. The number of halogens is 1. The Balaban J connectivity index is 1.97. The minimum absolute atomic E-state index is 0.155. The number of rotatable bonds is 6. The summed E-state index contributed by atoms with van der Waals surface area (Å²) in [6, 6.07) is 13.4. The smallest absolute Gasteiger partial charge is 0.251 e. The van der Waals surface area contributed by atoms with Crippen molar-refractivity contribution in [3.05, 3.63) is 65.5 Å². The molecule has 0 aliphatic rings. The standard InChI is InChI=1S/C18H20FNO2/c1-13(2)12-22-16-8-5-7-14(10-16)18(21)20-11-15-6-3-4-9-17(15)19/h3-10,13H,11-12H2,1-2H3,(H,20,21). The Morgan fingerprint density at radius 3 is 2.68 bits per heavy atom. The molecule has 0 aliphatic carbocycles. The zero-order valence-electron chi connectivity index (χ0n) is 12.8. The fraction of sp³-hybridized carbons (Fsp3) is 0.278. The maximum Gasteiger partial charge on any atom is 0.251 e. The average molecular weight is 301 g/mol. The van der Waals surface area contributed by atoms with Gasteiger partial charge in [0.2, 0.25) is 0 Å². The van der Waals surface area contributed by atoms with E-state index in [4.69, 9.17) is 4.74 Å². The number of carbonyl (C=O) groups excluding carboxylic acids is 1. The van der Waals surface area contributed by atoms with Crippen molar-refractivity contribution < 1.29 is 13.9 Å². The Morgan fingerprint density at radius 1 is 1.18 bits per heavy atom. The molecule has 116 valence electrons. The van der Waals surface area contributed by atoms with Gasteiger partial charge in [-0.1, -0.05) is 38.1 Å². The molecule has 0 bridgehead atoms. The normalized spacial score (nSPS) is 10.5. The van der Waals surface area contributed by atoms with Crippen LogP contribution in [0.1, 0.15) is 29.8 Å². The number of hydrogen-bond donors (Lipinski definition) is 1. The summed E-state index contributed by atoms with van der Waals surface area (Å²) in [5, 5.41) is 2.71. The number of benzene rings is 2. The molecule has 4 heteroatoms. The average Bonchev–Trinajstić information content (AvgIpc) is 2.52. The van der Waals surface area contributed by atoms with Gasteiger partial charge in [0.05, 0.1) is 6.61 Å². The van der Waals surface area contributed by atoms with Gasteiger partial charge in [0.1, 0.15) is 11.6 Å². The highest BCUT2D eigenvalue weighted by Crippen LogP contribution is 2.14. The van der Waals surface area contributed by atoms with Crippen LogP contribution in [0.5, 0.6) is 5.75 Å². The van der Waals surface area contributed by atoms with Gasteiger partial charge in [-0.05, 0) is 30.2 Å². The van der Waals surface area contributed by atoms with Gasteiger partial charge in [0.25, 0.3) is 5.91 Å². The highest BCUT2D eigenvalue weighted by atomic mass is 19.1. The Labute approximate surface area is 130 Å². The highest BCUT2D eigenvalue weighted by Gasteiger charge is 2.08. The number of amides is 1. The van der Waals surface area contributed by atoms with E-state index in [9.17, 15) is 9.18 Å². The number of ether oxygens (including phenoxy) is 1. The highest BCUT2D eigenvalue weighted by molar-refractivity contribution is 5.94. The van der Waals surface area contributed by atoms with Crippen LogP contribution in [0.4, 0.5) is 4.39 Å². The summed E-state index contributed by atoms with van der Waals surface area (Å²) in [6.07, 6.45) is 0. The van der Waals surface area contributed by atoms with Crippen molar-refractivity contribution in [1.82, 2.24) is 5.32 Å². The van der Waals surface area contributed by atoms with Crippen molar-refractivity contribution in [2.24, 2.45) is 5.92 Å². The van der Waals surface area contributed by atoms with Crippen LogP contribution >= 0.6 is 0 Å². The molecule has 3 nitrogen and oxygen atoms in total. The van der Waals surface area contributed by atoms with E-state index in [1.807, 2.05) is 6.07 Å². The van der Waals surface area contributed by atoms with Crippen LogP contribution in [-0.4, -0.2) is 12.5 Å². The van der Waals surface area contributed by atoms with Gasteiger partial charge in [0, 0.05) is 17.7 Å². The van der Waals surface area contributed by atoms with Crippen LogP contribution in [0.3, 0.4) is 0 Å². The van der Waals surface area contributed by atoms with Gasteiger partial charge >= 0.3 is 0 Å². The van der Waals surface area contributed by atoms with Crippen LogP contribution in [0.2, 0.25) is 0 Å². The Morgan fingerprint density at radius 2 is 1.95 bits per heavy atom. The second-order valence-electron chi connectivity index (χ2n) is 5.51. The maximum absolute atomic E-state index is 13.5. The van der Waals surface area contributed by atoms with E-state index in [0.717, 1.165) is 0 Å². The van der Waals surface area contributed by atoms with Crippen molar-refractivity contribution in [3.8, 4) is 5.75 Å². The molecule has 22 heavy (non-hydrogen) atoms. The molecular formula is C18H20FNO2. The summed E-state index contributed by atoms with van der Waals surface area (Å²) in [5.74, 6) is 0.501. The van der Waals surface area contributed by atoms with Crippen LogP contribution < -0.4 is 10.1 Å². The molecule has 0 fully saturated rings. The Hall–Kier alpha value is -2.36. The first kappa shape index (κ1) is 16.0. The summed E-state index contributed by atoms with van der Waals surface area (Å²) in [6.45, 7) is 4.87. The number of carbonyl (C=O) groups is 1. The summed E-state index contributed by atoms with van der Waals surface area (Å²) in [4.78, 5) is 12.1. The van der Waals surface area contributed by atoms with E-state index in [2.05, 4.69) is 19.2 Å². The van der Waals surface area contributed by atoms with E-state index in [1.54, 1.807) is 36.4 Å². The molecule has 0 aliphatic heterocycles. The molecule has 0 atom stereocenters. The van der Waals surface area contributed by atoms with Crippen LogP contribution in [0, 0.1) is 11.7 Å². The van der Waals surface area contributed by atoms with Gasteiger partial charge in [-0.25, -0.2) is 4.39 Å². The second-order valence-corrected chi connectivity index (χ2v) is 5.51. The van der Waals surface area contributed by atoms with E-state index in [1.165, 1.54) is 6.07 Å². The molecule has 0 heterocycles. The molecule has 0 radical (unpaired) electrons. The Bertz CT molecular complexity index is 640. The van der Waals surface area contributed by atoms with Gasteiger partial charge in [-0.3, -0.25) is 4.79 Å². The van der Waals surface area contributed by atoms with E-state index in [-0.39, 0.29) is 18.3 Å². The zero-order chi connectivity index (χ0) is 15.9. The molecule has 1 N–H and O–H groups in total. The van der Waals surface area contributed by atoms with Crippen LogP contribution in [0.25, 0.3) is 0 Å². The van der Waals surface area contributed by atoms with Crippen molar-refractivity contribution in [2.75, 3.05) is 6.61 Å². The van der Waals surface area contributed by atoms with Gasteiger partial charge < -0.3 is 10.1 Å². The zero-order valence-corrected chi connectivity index (χ0v) is 12.8. The third kappa shape index (κ3) is 4.58. The van der Waals surface area contributed by atoms with E-state index >= 15 is 0 Å². The van der Waals surface area contributed by atoms with Crippen molar-refractivity contribution in [2.45, 2.75) is 20.4 Å². The van der Waals surface area contributed by atoms with Gasteiger partial charge in [-0.15, -0.1) is 0 Å². The summed E-state index contributed by atoms with van der Waals surface area (Å²) < 4.78 is 19.1. The second kappa shape index (κ2) is 7.59. The lowest BCUT2D eigenvalue weighted by Gasteiger charge is -2.10. The third-order valence-corrected chi connectivity index (χ3v) is 3.08. The first-order valence-corrected chi connectivity index (χ1v) is 7.30. The lowest BCUT2D eigenvalue weighted by molar-refractivity contribution is 0.0950. The first-order valence-electron chi connectivity index (χ1n) is 7.30. The third-order valence-electron chi connectivity index (χ3n) is 3.08. The predicted molar refractivity (Wildman–Crippen MR) is 84.3 cm³/mol. The van der Waals surface area contributed by atoms with Crippen molar-refractivity contribution in [3.63, 3.8) is 0 Å².